The molecule has 11 nitrogen and oxygen atoms in total. The summed E-state index contributed by atoms with van der Waals surface area (Å²) in [6.45, 7) is 4.62. The molecule has 0 aromatic carbocycles. The van der Waals surface area contributed by atoms with Gasteiger partial charge in [0.25, 0.3) is 0 Å². The molecule has 0 bridgehead atoms. The maximum atomic E-state index is 12.9. The SMILES string of the molecule is CCCCCC/C=C\CCCCCCCC(=O)OC(CO)COP(=O)(O)OCC(COC(=O)CCCCCCCCCCC)OC(=O)CCCCCCCCCCC/C=C\CCCCCCCC. The average Bonchev–Trinajstić information content (AvgIpc) is 3.32. The van der Waals surface area contributed by atoms with Crippen molar-refractivity contribution in [2.24, 2.45) is 0 Å². The molecule has 0 radical (unpaired) electrons. The summed E-state index contributed by atoms with van der Waals surface area (Å²) < 4.78 is 39.4. The Bertz CT molecular complexity index is 1240. The second kappa shape index (κ2) is 51.3. The molecule has 0 rings (SSSR count). The normalized spacial score (nSPS) is 13.5. The molecule has 0 amide bonds. The van der Waals surface area contributed by atoms with E-state index in [2.05, 4.69) is 45.1 Å². The fourth-order valence-electron chi connectivity index (χ4n) is 7.99. The van der Waals surface area contributed by atoms with Crippen LogP contribution in [0.1, 0.15) is 278 Å². The summed E-state index contributed by atoms with van der Waals surface area (Å²) >= 11 is 0. The lowest BCUT2D eigenvalue weighted by Gasteiger charge is -2.21. The second-order valence-corrected chi connectivity index (χ2v) is 20.6. The summed E-state index contributed by atoms with van der Waals surface area (Å²) in [7, 11) is -4.74. The van der Waals surface area contributed by atoms with E-state index in [1.165, 1.54) is 141 Å². The van der Waals surface area contributed by atoms with E-state index in [4.69, 9.17) is 23.3 Å². The number of esters is 3. The first-order chi connectivity index (χ1) is 33.2. The average molecular weight is 985 g/mol. The molecule has 0 saturated heterocycles. The van der Waals surface area contributed by atoms with Crippen LogP contribution in [-0.4, -0.2) is 66.5 Å². The quantitative estimate of drug-likeness (QED) is 0.0197. The van der Waals surface area contributed by atoms with Gasteiger partial charge in [0.05, 0.1) is 19.8 Å². The zero-order valence-electron chi connectivity index (χ0n) is 44.1. The summed E-state index contributed by atoms with van der Waals surface area (Å²) in [6, 6.07) is 0. The van der Waals surface area contributed by atoms with Gasteiger partial charge in [-0.1, -0.05) is 212 Å². The third kappa shape index (κ3) is 49.0. The van der Waals surface area contributed by atoms with Gasteiger partial charge in [-0.05, 0) is 70.6 Å². The minimum Gasteiger partial charge on any atom is -0.462 e. The van der Waals surface area contributed by atoms with Crippen LogP contribution in [0.3, 0.4) is 0 Å². The second-order valence-electron chi connectivity index (χ2n) is 19.1. The number of hydrogen-bond acceptors (Lipinski definition) is 10. The van der Waals surface area contributed by atoms with E-state index in [-0.39, 0.29) is 25.9 Å². The van der Waals surface area contributed by atoms with E-state index < -0.39 is 57.8 Å². The highest BCUT2D eigenvalue weighted by Gasteiger charge is 2.28. The summed E-state index contributed by atoms with van der Waals surface area (Å²) in [4.78, 5) is 48.3. The van der Waals surface area contributed by atoms with Crippen LogP contribution in [0.15, 0.2) is 24.3 Å². The van der Waals surface area contributed by atoms with Crippen LogP contribution < -0.4 is 0 Å². The number of unbranched alkanes of at least 4 members (excludes halogenated alkanes) is 32. The van der Waals surface area contributed by atoms with Crippen LogP contribution in [0.4, 0.5) is 0 Å². The molecule has 3 unspecified atom stereocenters. The number of aliphatic hydroxyl groups excluding tert-OH is 1. The van der Waals surface area contributed by atoms with Crippen molar-refractivity contribution in [2.75, 3.05) is 26.4 Å². The first kappa shape index (κ1) is 66.0. The van der Waals surface area contributed by atoms with Gasteiger partial charge in [0.2, 0.25) is 0 Å². The Hall–Kier alpha value is -2.04. The van der Waals surface area contributed by atoms with Crippen molar-refractivity contribution in [1.29, 1.82) is 0 Å². The Morgan fingerprint density at radius 3 is 1.03 bits per heavy atom. The number of carbonyl (C=O) groups is 3. The van der Waals surface area contributed by atoms with Gasteiger partial charge in [-0.25, -0.2) is 4.57 Å². The van der Waals surface area contributed by atoms with Crippen LogP contribution in [0, 0.1) is 0 Å². The fraction of sp³-hybridized carbons (Fsp3) is 0.875. The topological polar surface area (TPSA) is 155 Å². The van der Waals surface area contributed by atoms with Gasteiger partial charge in [-0.15, -0.1) is 0 Å². The summed E-state index contributed by atoms with van der Waals surface area (Å²) in [6.07, 6.45) is 50.0. The first-order valence-corrected chi connectivity index (χ1v) is 29.7. The largest absolute Gasteiger partial charge is 0.472 e. The molecule has 0 spiro atoms. The minimum atomic E-state index is -4.74. The van der Waals surface area contributed by atoms with Gasteiger partial charge < -0.3 is 24.2 Å². The van der Waals surface area contributed by atoms with E-state index in [0.29, 0.717) is 19.3 Å². The molecular weight excluding hydrogens is 880 g/mol. The molecule has 2 N–H and O–H groups in total. The van der Waals surface area contributed by atoms with Crippen LogP contribution in [-0.2, 0) is 42.2 Å². The Balaban J connectivity index is 4.62. The molecule has 0 aliphatic rings. The molecule has 0 aliphatic carbocycles. The molecule has 0 saturated carbocycles. The Labute approximate surface area is 417 Å². The molecule has 12 heteroatoms. The van der Waals surface area contributed by atoms with E-state index >= 15 is 0 Å². The highest BCUT2D eigenvalue weighted by molar-refractivity contribution is 7.47. The number of phosphoric ester groups is 1. The standard InChI is InChI=1S/C56H105O11P/c1-4-7-10-13-16-19-21-23-24-25-26-27-28-30-32-35-38-41-44-47-56(60)67-53(49-63-54(58)45-42-39-36-33-18-15-12-9-6-3)51-65-68(61,62)64-50-52(48-57)66-55(59)46-43-40-37-34-31-29-22-20-17-14-11-8-5-2/h20,22-24,52-53,57H,4-19,21,25-51H2,1-3H3,(H,61,62)/b22-20-,24-23-. The van der Waals surface area contributed by atoms with Crippen LogP contribution in [0.5, 0.6) is 0 Å². The number of phosphoric acid groups is 1. The number of ether oxygens (including phenoxy) is 3. The maximum Gasteiger partial charge on any atom is 0.472 e. The van der Waals surface area contributed by atoms with Gasteiger partial charge in [-0.3, -0.25) is 23.4 Å². The number of aliphatic hydroxyl groups is 1. The predicted octanol–water partition coefficient (Wildman–Crippen LogP) is 16.3. The fourth-order valence-corrected chi connectivity index (χ4v) is 8.78. The highest BCUT2D eigenvalue weighted by atomic mass is 31.2. The van der Waals surface area contributed by atoms with E-state index in [1.54, 1.807) is 0 Å². The van der Waals surface area contributed by atoms with Crippen molar-refractivity contribution in [3.8, 4) is 0 Å². The lowest BCUT2D eigenvalue weighted by molar-refractivity contribution is -0.161. The number of rotatable bonds is 53. The Kier molecular flexibility index (Phi) is 49.8. The van der Waals surface area contributed by atoms with Crippen molar-refractivity contribution in [3.05, 3.63) is 24.3 Å². The molecule has 0 aromatic heterocycles. The first-order valence-electron chi connectivity index (χ1n) is 28.2. The van der Waals surface area contributed by atoms with Crippen molar-refractivity contribution >= 4 is 25.7 Å². The van der Waals surface area contributed by atoms with Gasteiger partial charge >= 0.3 is 25.7 Å². The molecule has 3 atom stereocenters. The lowest BCUT2D eigenvalue weighted by atomic mass is 10.1. The molecule has 0 heterocycles. The summed E-state index contributed by atoms with van der Waals surface area (Å²) in [5, 5.41) is 9.78. The monoisotopic (exact) mass is 985 g/mol. The molecular formula is C56H105O11P. The van der Waals surface area contributed by atoms with Gasteiger partial charge in [0, 0.05) is 19.3 Å². The van der Waals surface area contributed by atoms with Crippen LogP contribution >= 0.6 is 7.82 Å². The lowest BCUT2D eigenvalue weighted by Crippen LogP contribution is -2.30. The van der Waals surface area contributed by atoms with Gasteiger partial charge in [-0.2, -0.15) is 0 Å². The number of carbonyl (C=O) groups excluding carboxylic acids is 3. The smallest absolute Gasteiger partial charge is 0.462 e. The molecule has 0 fully saturated rings. The third-order valence-electron chi connectivity index (χ3n) is 12.3. The van der Waals surface area contributed by atoms with E-state index in [0.717, 1.165) is 77.0 Å². The van der Waals surface area contributed by atoms with Crippen LogP contribution in [0.2, 0.25) is 0 Å². The van der Waals surface area contributed by atoms with Crippen molar-refractivity contribution in [1.82, 2.24) is 0 Å². The predicted molar refractivity (Wildman–Crippen MR) is 280 cm³/mol. The molecule has 68 heavy (non-hydrogen) atoms. The van der Waals surface area contributed by atoms with Gasteiger partial charge in [0.1, 0.15) is 12.7 Å². The summed E-state index contributed by atoms with van der Waals surface area (Å²) in [5.41, 5.74) is 0. The van der Waals surface area contributed by atoms with Gasteiger partial charge in [0.15, 0.2) is 6.10 Å². The zero-order valence-corrected chi connectivity index (χ0v) is 45.0. The van der Waals surface area contributed by atoms with Crippen molar-refractivity contribution in [3.63, 3.8) is 0 Å². The minimum absolute atomic E-state index is 0.170. The van der Waals surface area contributed by atoms with E-state index in [9.17, 15) is 28.9 Å². The summed E-state index contributed by atoms with van der Waals surface area (Å²) in [5.74, 6) is -1.46. The molecule has 400 valence electrons. The maximum absolute atomic E-state index is 12.9. The zero-order chi connectivity index (χ0) is 49.9. The van der Waals surface area contributed by atoms with E-state index in [1.807, 2.05) is 0 Å². The van der Waals surface area contributed by atoms with Crippen LogP contribution in [0.25, 0.3) is 0 Å². The Morgan fingerprint density at radius 2 is 0.676 bits per heavy atom. The highest BCUT2D eigenvalue weighted by Crippen LogP contribution is 2.43. The van der Waals surface area contributed by atoms with Crippen molar-refractivity contribution < 1.29 is 52.2 Å². The molecule has 0 aliphatic heterocycles. The molecule has 0 aromatic rings. The third-order valence-corrected chi connectivity index (χ3v) is 13.3. The Morgan fingerprint density at radius 1 is 0.397 bits per heavy atom. The van der Waals surface area contributed by atoms with Crippen molar-refractivity contribution in [2.45, 2.75) is 290 Å². The number of allylic oxidation sites excluding steroid dienone is 4. The number of hydrogen-bond donors (Lipinski definition) is 2.